The van der Waals surface area contributed by atoms with Crippen LogP contribution in [0, 0.1) is 0 Å². The summed E-state index contributed by atoms with van der Waals surface area (Å²) < 4.78 is 6.87. The molecule has 8 aromatic carbocycles. The molecule has 1 heterocycles. The van der Waals surface area contributed by atoms with Crippen molar-refractivity contribution in [1.82, 2.24) is 0 Å². The molecule has 0 unspecified atom stereocenters. The molecule has 0 radical (unpaired) electrons. The van der Waals surface area contributed by atoms with Crippen LogP contribution >= 0.6 is 0 Å². The van der Waals surface area contributed by atoms with Gasteiger partial charge in [-0.15, -0.1) is 0 Å². The smallest absolute Gasteiger partial charge is 0.137 e. The van der Waals surface area contributed by atoms with Gasteiger partial charge in [-0.25, -0.2) is 0 Å². The van der Waals surface area contributed by atoms with Crippen LogP contribution in [-0.4, -0.2) is 0 Å². The Labute approximate surface area is 293 Å². The molecule has 2 nitrogen and oxygen atoms in total. The molecule has 2 heteroatoms. The summed E-state index contributed by atoms with van der Waals surface area (Å²) in [6.07, 6.45) is 0. The third-order valence-electron chi connectivity index (χ3n) is 9.51. The number of hydrogen-bond donors (Lipinski definition) is 0. The summed E-state index contributed by atoms with van der Waals surface area (Å²) in [5, 5.41) is 0. The van der Waals surface area contributed by atoms with Crippen LogP contribution < -0.4 is 9.64 Å². The zero-order valence-electron chi connectivity index (χ0n) is 27.4. The van der Waals surface area contributed by atoms with Gasteiger partial charge in [-0.1, -0.05) is 158 Å². The number of fused-ring (bicyclic) bond motifs is 5. The predicted molar refractivity (Wildman–Crippen MR) is 208 cm³/mol. The van der Waals surface area contributed by atoms with Gasteiger partial charge < -0.3 is 9.64 Å². The molecular weight excluding hydrogens is 607 g/mol. The first-order chi connectivity index (χ1) is 24.8. The van der Waals surface area contributed by atoms with Gasteiger partial charge in [-0.2, -0.15) is 0 Å². The molecule has 50 heavy (non-hydrogen) atoms. The van der Waals surface area contributed by atoms with E-state index >= 15 is 0 Å². The molecule has 0 amide bonds. The first-order valence-electron chi connectivity index (χ1n) is 17.0. The molecule has 0 aliphatic carbocycles. The quantitative estimate of drug-likeness (QED) is 0.179. The summed E-state index contributed by atoms with van der Waals surface area (Å²) >= 11 is 0. The molecule has 0 aromatic heterocycles. The highest BCUT2D eigenvalue weighted by atomic mass is 16.5. The highest BCUT2D eigenvalue weighted by Crippen LogP contribution is 2.55. The maximum Gasteiger partial charge on any atom is 0.137 e. The van der Waals surface area contributed by atoms with Crippen LogP contribution in [0.25, 0.3) is 55.6 Å². The van der Waals surface area contributed by atoms with E-state index in [1.165, 1.54) is 22.3 Å². The zero-order chi connectivity index (χ0) is 33.3. The third kappa shape index (κ3) is 5.34. The molecule has 236 valence electrons. The molecule has 0 saturated heterocycles. The van der Waals surface area contributed by atoms with Gasteiger partial charge in [-0.05, 0) is 81.4 Å². The lowest BCUT2D eigenvalue weighted by molar-refractivity contribution is 0.488. The Kier molecular flexibility index (Phi) is 7.53. The normalized spacial score (nSPS) is 11.4. The van der Waals surface area contributed by atoms with E-state index in [1.807, 2.05) is 6.07 Å². The Morgan fingerprint density at radius 1 is 0.280 bits per heavy atom. The van der Waals surface area contributed by atoms with E-state index in [9.17, 15) is 0 Å². The fourth-order valence-electron chi connectivity index (χ4n) is 7.14. The average molecular weight is 640 g/mol. The molecule has 9 rings (SSSR count). The number of nitrogens with zero attached hydrogens (tertiary/aromatic N) is 1. The second-order valence-corrected chi connectivity index (χ2v) is 12.5. The number of para-hydroxylation sites is 1. The summed E-state index contributed by atoms with van der Waals surface area (Å²) in [5.41, 5.74) is 14.7. The Morgan fingerprint density at radius 3 is 1.32 bits per heavy atom. The Morgan fingerprint density at radius 2 is 0.720 bits per heavy atom. The van der Waals surface area contributed by atoms with Gasteiger partial charge >= 0.3 is 0 Å². The molecular formula is C48H33NO. The van der Waals surface area contributed by atoms with Gasteiger partial charge in [0.15, 0.2) is 0 Å². The number of benzene rings is 8. The van der Waals surface area contributed by atoms with Crippen molar-refractivity contribution >= 4 is 17.1 Å². The van der Waals surface area contributed by atoms with E-state index in [1.54, 1.807) is 0 Å². The fourth-order valence-corrected chi connectivity index (χ4v) is 7.14. The number of hydrogen-bond acceptors (Lipinski definition) is 2. The molecule has 0 saturated carbocycles. The van der Waals surface area contributed by atoms with Crippen LogP contribution in [-0.2, 0) is 0 Å². The summed E-state index contributed by atoms with van der Waals surface area (Å²) in [6.45, 7) is 0. The first kappa shape index (κ1) is 29.5. The lowest BCUT2D eigenvalue weighted by Gasteiger charge is -2.29. The largest absolute Gasteiger partial charge is 0.456 e. The molecule has 0 spiro atoms. The number of ether oxygens (including phenoxy) is 1. The molecule has 0 atom stereocenters. The topological polar surface area (TPSA) is 12.5 Å². The Hall–Kier alpha value is -6.64. The van der Waals surface area contributed by atoms with E-state index < -0.39 is 0 Å². The summed E-state index contributed by atoms with van der Waals surface area (Å²) in [6, 6.07) is 70.9. The van der Waals surface area contributed by atoms with Crippen molar-refractivity contribution in [1.29, 1.82) is 0 Å². The standard InChI is InChI=1S/C48H33NO/c1-4-14-34(15-5-1)36-26-30-39(31-27-36)49(40-32-28-37(29-33-40)35-16-6-2-7-17-35)44-23-13-25-46-48(44)47-41(38-18-8-3-9-19-38)21-12-22-43(47)42-20-10-11-24-45(42)50-46/h1-33H. The van der Waals surface area contributed by atoms with Gasteiger partial charge in [0, 0.05) is 28.1 Å². The van der Waals surface area contributed by atoms with Crippen LogP contribution in [0.2, 0.25) is 0 Å². The van der Waals surface area contributed by atoms with Gasteiger partial charge in [-0.3, -0.25) is 0 Å². The van der Waals surface area contributed by atoms with Crippen molar-refractivity contribution in [2.24, 2.45) is 0 Å². The van der Waals surface area contributed by atoms with E-state index in [-0.39, 0.29) is 0 Å². The summed E-state index contributed by atoms with van der Waals surface area (Å²) in [7, 11) is 0. The first-order valence-corrected chi connectivity index (χ1v) is 17.0. The highest BCUT2D eigenvalue weighted by Gasteiger charge is 2.28. The SMILES string of the molecule is c1ccc(-c2ccc(N(c3ccc(-c4ccccc4)cc3)c3cccc4c3-c3c(-c5ccccc5)cccc3-c3ccccc3O4)cc2)cc1. The Balaban J connectivity index is 1.29. The van der Waals surface area contributed by atoms with Crippen molar-refractivity contribution in [3.8, 4) is 67.1 Å². The summed E-state index contributed by atoms with van der Waals surface area (Å²) in [5.74, 6) is 1.67. The van der Waals surface area contributed by atoms with Crippen LogP contribution in [0.1, 0.15) is 0 Å². The van der Waals surface area contributed by atoms with Crippen molar-refractivity contribution in [3.05, 3.63) is 200 Å². The van der Waals surface area contributed by atoms with Crippen LogP contribution in [0.4, 0.5) is 17.1 Å². The predicted octanol–water partition coefficient (Wildman–Crippen LogP) is 13.6. The second-order valence-electron chi connectivity index (χ2n) is 12.5. The van der Waals surface area contributed by atoms with Crippen LogP contribution in [0.15, 0.2) is 200 Å². The highest BCUT2D eigenvalue weighted by molar-refractivity contribution is 6.04. The van der Waals surface area contributed by atoms with Crippen LogP contribution in [0.5, 0.6) is 11.5 Å². The summed E-state index contributed by atoms with van der Waals surface area (Å²) in [4.78, 5) is 2.37. The minimum Gasteiger partial charge on any atom is -0.456 e. The number of anilines is 3. The maximum atomic E-state index is 6.87. The van der Waals surface area contributed by atoms with Gasteiger partial charge in [0.25, 0.3) is 0 Å². The lowest BCUT2D eigenvalue weighted by atomic mass is 9.86. The van der Waals surface area contributed by atoms with Crippen molar-refractivity contribution in [2.45, 2.75) is 0 Å². The van der Waals surface area contributed by atoms with E-state index in [0.29, 0.717) is 0 Å². The Bertz CT molecular complexity index is 2330. The van der Waals surface area contributed by atoms with Crippen molar-refractivity contribution < 1.29 is 4.74 Å². The molecule has 0 fully saturated rings. The van der Waals surface area contributed by atoms with Gasteiger partial charge in [0.2, 0.25) is 0 Å². The average Bonchev–Trinajstić information content (AvgIpc) is 3.34. The number of rotatable bonds is 6. The molecule has 1 aliphatic heterocycles. The monoisotopic (exact) mass is 639 g/mol. The van der Waals surface area contributed by atoms with Crippen molar-refractivity contribution in [3.63, 3.8) is 0 Å². The van der Waals surface area contributed by atoms with Crippen LogP contribution in [0.3, 0.4) is 0 Å². The molecule has 0 N–H and O–H groups in total. The molecule has 8 aromatic rings. The fraction of sp³-hybridized carbons (Fsp3) is 0. The molecule has 1 aliphatic rings. The zero-order valence-corrected chi connectivity index (χ0v) is 27.4. The lowest BCUT2D eigenvalue weighted by Crippen LogP contribution is -2.12. The third-order valence-corrected chi connectivity index (χ3v) is 9.51. The van der Waals surface area contributed by atoms with Gasteiger partial charge in [0.05, 0.1) is 5.69 Å². The minimum absolute atomic E-state index is 0.823. The van der Waals surface area contributed by atoms with Crippen molar-refractivity contribution in [2.75, 3.05) is 4.90 Å². The van der Waals surface area contributed by atoms with E-state index in [4.69, 9.17) is 4.74 Å². The molecule has 0 bridgehead atoms. The second kappa shape index (κ2) is 12.8. The van der Waals surface area contributed by atoms with E-state index in [2.05, 4.69) is 199 Å². The van der Waals surface area contributed by atoms with E-state index in [0.717, 1.165) is 61.9 Å². The maximum absolute atomic E-state index is 6.87. The van der Waals surface area contributed by atoms with Gasteiger partial charge in [0.1, 0.15) is 11.5 Å². The minimum atomic E-state index is 0.823.